The number of piperidine rings is 1. The van der Waals surface area contributed by atoms with Crippen molar-refractivity contribution in [1.29, 1.82) is 0 Å². The highest BCUT2D eigenvalue weighted by molar-refractivity contribution is 6.33. The molecule has 0 aliphatic carbocycles. The molecule has 0 radical (unpaired) electrons. The predicted molar refractivity (Wildman–Crippen MR) is 206 cm³/mol. The number of alkyl halides is 3. The Balaban J connectivity index is 1.11. The van der Waals surface area contributed by atoms with Crippen LogP contribution in [0.5, 0.6) is 0 Å². The molecule has 0 bridgehead atoms. The van der Waals surface area contributed by atoms with Crippen LogP contribution in [0.3, 0.4) is 0 Å². The number of halogens is 4. The van der Waals surface area contributed by atoms with Crippen molar-refractivity contribution in [1.82, 2.24) is 14.7 Å². The monoisotopic (exact) mass is 798 g/mol. The summed E-state index contributed by atoms with van der Waals surface area (Å²) in [4.78, 5) is 60.0. The van der Waals surface area contributed by atoms with Gasteiger partial charge in [-0.05, 0) is 78.8 Å². The number of esters is 1. The minimum atomic E-state index is -4.81. The van der Waals surface area contributed by atoms with Crippen LogP contribution in [0.25, 0.3) is 0 Å². The van der Waals surface area contributed by atoms with Crippen molar-refractivity contribution >= 4 is 52.7 Å². The number of carbonyl (C=O) groups excluding carboxylic acids is 4. The lowest BCUT2D eigenvalue weighted by molar-refractivity contribution is -0.141. The van der Waals surface area contributed by atoms with Gasteiger partial charge in [0.05, 0.1) is 28.4 Å². The summed E-state index contributed by atoms with van der Waals surface area (Å²) in [5.41, 5.74) is 6.99. The zero-order valence-corrected chi connectivity index (χ0v) is 32.1. The Morgan fingerprint density at radius 1 is 0.929 bits per heavy atom. The lowest BCUT2D eigenvalue weighted by atomic mass is 10.0. The third-order valence-electron chi connectivity index (χ3n) is 10.3. The van der Waals surface area contributed by atoms with Crippen molar-refractivity contribution in [2.24, 2.45) is 5.92 Å². The van der Waals surface area contributed by atoms with Crippen LogP contribution < -0.4 is 16.0 Å². The molecular formula is C40H46ClF3N6O6. The van der Waals surface area contributed by atoms with Gasteiger partial charge in [0.15, 0.2) is 6.10 Å². The topological polar surface area (TPSA) is 138 Å². The van der Waals surface area contributed by atoms with E-state index in [9.17, 15) is 32.3 Å². The Labute approximate surface area is 328 Å². The molecule has 0 spiro atoms. The van der Waals surface area contributed by atoms with Crippen LogP contribution in [0.1, 0.15) is 53.7 Å². The molecule has 12 nitrogen and oxygen atoms in total. The average molecular weight is 799 g/mol. The minimum absolute atomic E-state index is 0.0280. The lowest BCUT2D eigenvalue weighted by Gasteiger charge is -2.39. The third kappa shape index (κ3) is 9.60. The van der Waals surface area contributed by atoms with E-state index in [0.29, 0.717) is 51.1 Å². The fourth-order valence-corrected chi connectivity index (χ4v) is 7.48. The van der Waals surface area contributed by atoms with Gasteiger partial charge in [0.2, 0.25) is 0 Å². The molecule has 6 rings (SSSR count). The maximum atomic E-state index is 14.1. The summed E-state index contributed by atoms with van der Waals surface area (Å²) < 4.78 is 52.8. The number of hydrogen-bond donors (Lipinski definition) is 2. The Morgan fingerprint density at radius 3 is 2.27 bits per heavy atom. The van der Waals surface area contributed by atoms with E-state index >= 15 is 0 Å². The number of ether oxygens (including phenoxy) is 2. The summed E-state index contributed by atoms with van der Waals surface area (Å²) in [6.07, 6.45) is -5.78. The van der Waals surface area contributed by atoms with Gasteiger partial charge >= 0.3 is 24.3 Å². The summed E-state index contributed by atoms with van der Waals surface area (Å²) in [5.74, 6) is -0.760. The van der Waals surface area contributed by atoms with Crippen molar-refractivity contribution in [2.45, 2.75) is 57.9 Å². The molecule has 3 aliphatic rings. The van der Waals surface area contributed by atoms with E-state index < -0.39 is 41.5 Å². The number of nitrogens with zero attached hydrogens (tertiary/aromatic N) is 4. The molecule has 3 aliphatic heterocycles. The van der Waals surface area contributed by atoms with Gasteiger partial charge in [-0.2, -0.15) is 13.2 Å². The lowest BCUT2D eigenvalue weighted by Crippen LogP contribution is -2.54. The maximum absolute atomic E-state index is 14.1. The number of nitrogens with one attached hydrogen (secondary N) is 1. The number of fused-ring (bicyclic) bond motifs is 1. The number of benzene rings is 3. The largest absolute Gasteiger partial charge is 0.462 e. The van der Waals surface area contributed by atoms with Gasteiger partial charge in [-0.3, -0.25) is 4.79 Å². The normalized spacial score (nSPS) is 17.2. The Kier molecular flexibility index (Phi) is 12.5. The molecule has 3 aromatic carbocycles. The quantitative estimate of drug-likeness (QED) is 0.180. The van der Waals surface area contributed by atoms with E-state index in [1.807, 2.05) is 43.0 Å². The maximum Gasteiger partial charge on any atom is 0.418 e. The Morgan fingerprint density at radius 2 is 1.61 bits per heavy atom. The van der Waals surface area contributed by atoms with E-state index in [1.54, 1.807) is 29.2 Å². The molecule has 3 N–H and O–H groups in total. The number of anilines is 3. The van der Waals surface area contributed by atoms with Gasteiger partial charge < -0.3 is 40.1 Å². The number of amides is 4. The highest BCUT2D eigenvalue weighted by atomic mass is 35.5. The van der Waals surface area contributed by atoms with Crippen LogP contribution in [0.15, 0.2) is 60.7 Å². The predicted octanol–water partition coefficient (Wildman–Crippen LogP) is 6.70. The Hall–Kier alpha value is -5.18. The van der Waals surface area contributed by atoms with Gasteiger partial charge in [-0.1, -0.05) is 43.6 Å². The SMILES string of the molecule is CC(C)COC(=O)c1ccc(N2CCN(C(=O)[C@@H](Cc3cc(Cl)c(N)c(C(F)(F)F)c3)OC(=O)N3CCC(N4CCc5ccccc5NC4=O)CC3)CC2)cc1. The molecule has 0 saturated carbocycles. The molecule has 3 heterocycles. The second kappa shape index (κ2) is 17.3. The van der Waals surface area contributed by atoms with Crippen LogP contribution in [0.4, 0.5) is 39.8 Å². The molecule has 300 valence electrons. The zero-order valence-electron chi connectivity index (χ0n) is 31.3. The first-order valence-corrected chi connectivity index (χ1v) is 19.1. The third-order valence-corrected chi connectivity index (χ3v) is 10.7. The summed E-state index contributed by atoms with van der Waals surface area (Å²) in [7, 11) is 0. The van der Waals surface area contributed by atoms with Crippen LogP contribution >= 0.6 is 11.6 Å². The Bertz CT molecular complexity index is 1910. The summed E-state index contributed by atoms with van der Waals surface area (Å²) >= 11 is 6.12. The standard InChI is InChI=1S/C40H46ClF3N6O6/c1-25(2)24-55-37(52)28-7-9-29(10-8-28)47-17-19-48(20-18-47)36(51)34(23-26-21-31(40(42,43)44)35(45)32(41)22-26)56-39(54)49-14-12-30(13-15-49)50-16-11-27-5-3-4-6-33(27)46-38(50)53/h3-10,21-22,25,30,34H,11-20,23-24,45H2,1-2H3,(H,46,53)/t34-/m1/s1. The number of para-hydroxylation sites is 1. The highest BCUT2D eigenvalue weighted by Gasteiger charge is 2.38. The second-order valence-electron chi connectivity index (χ2n) is 14.7. The van der Waals surface area contributed by atoms with E-state index in [2.05, 4.69) is 5.32 Å². The van der Waals surface area contributed by atoms with Crippen molar-refractivity contribution in [3.05, 3.63) is 87.9 Å². The first-order chi connectivity index (χ1) is 26.7. The molecule has 16 heteroatoms. The summed E-state index contributed by atoms with van der Waals surface area (Å²) in [5, 5.41) is 2.64. The molecule has 0 aromatic heterocycles. The van der Waals surface area contributed by atoms with E-state index in [-0.39, 0.29) is 61.2 Å². The fourth-order valence-electron chi connectivity index (χ4n) is 7.24. The molecule has 0 unspecified atom stereocenters. The van der Waals surface area contributed by atoms with Gasteiger partial charge in [0, 0.05) is 69.7 Å². The fraction of sp³-hybridized carbons (Fsp3) is 0.450. The number of rotatable bonds is 9. The number of piperazine rings is 1. The average Bonchev–Trinajstić information content (AvgIpc) is 3.35. The van der Waals surface area contributed by atoms with Crippen LogP contribution in [-0.4, -0.2) is 103 Å². The van der Waals surface area contributed by atoms with Gasteiger partial charge in [-0.25, -0.2) is 14.4 Å². The zero-order chi connectivity index (χ0) is 40.1. The van der Waals surface area contributed by atoms with Crippen LogP contribution in [-0.2, 0) is 33.3 Å². The number of likely N-dealkylation sites (tertiary alicyclic amines) is 1. The van der Waals surface area contributed by atoms with E-state index in [1.165, 1.54) is 15.9 Å². The number of hydrogen-bond acceptors (Lipinski definition) is 8. The van der Waals surface area contributed by atoms with E-state index in [4.69, 9.17) is 26.8 Å². The van der Waals surface area contributed by atoms with Crippen molar-refractivity contribution in [2.75, 3.05) is 68.4 Å². The van der Waals surface area contributed by atoms with Gasteiger partial charge in [-0.15, -0.1) is 0 Å². The molecule has 2 saturated heterocycles. The molecular weight excluding hydrogens is 753 g/mol. The first kappa shape index (κ1) is 40.5. The first-order valence-electron chi connectivity index (χ1n) is 18.7. The number of urea groups is 1. The highest BCUT2D eigenvalue weighted by Crippen LogP contribution is 2.38. The van der Waals surface area contributed by atoms with Crippen molar-refractivity contribution < 1.29 is 41.8 Å². The molecule has 4 amide bonds. The number of nitrogens with two attached hydrogens (primary N) is 1. The number of nitrogen functional groups attached to an aromatic ring is 1. The van der Waals surface area contributed by atoms with Gasteiger partial charge in [0.25, 0.3) is 5.91 Å². The molecule has 2 fully saturated rings. The van der Waals surface area contributed by atoms with Crippen LogP contribution in [0.2, 0.25) is 5.02 Å². The van der Waals surface area contributed by atoms with Crippen LogP contribution in [0, 0.1) is 5.92 Å². The number of carbonyl (C=O) groups is 4. The smallest absolute Gasteiger partial charge is 0.418 e. The second-order valence-corrected chi connectivity index (χ2v) is 15.1. The van der Waals surface area contributed by atoms with Gasteiger partial charge in [0.1, 0.15) is 0 Å². The summed E-state index contributed by atoms with van der Waals surface area (Å²) in [6, 6.07) is 16.3. The summed E-state index contributed by atoms with van der Waals surface area (Å²) in [6.45, 7) is 6.55. The molecule has 3 aromatic rings. The minimum Gasteiger partial charge on any atom is -0.462 e. The van der Waals surface area contributed by atoms with Crippen molar-refractivity contribution in [3.8, 4) is 0 Å². The molecule has 56 heavy (non-hydrogen) atoms. The van der Waals surface area contributed by atoms with E-state index in [0.717, 1.165) is 23.0 Å². The van der Waals surface area contributed by atoms with Crippen molar-refractivity contribution in [3.63, 3.8) is 0 Å². The molecule has 1 atom stereocenters.